The molecule has 0 saturated heterocycles. The molecule has 0 radical (unpaired) electrons. The molecule has 0 aliphatic heterocycles. The Labute approximate surface area is 362 Å². The lowest BCUT2D eigenvalue weighted by Gasteiger charge is -2.36. The van der Waals surface area contributed by atoms with Crippen LogP contribution < -0.4 is 4.90 Å². The van der Waals surface area contributed by atoms with Crippen molar-refractivity contribution in [2.75, 3.05) is 4.90 Å². The van der Waals surface area contributed by atoms with E-state index in [4.69, 9.17) is 6.58 Å². The van der Waals surface area contributed by atoms with E-state index >= 15 is 0 Å². The molecule has 9 rings (SSSR count). The summed E-state index contributed by atoms with van der Waals surface area (Å²) < 4.78 is 0. The third-order valence-corrected chi connectivity index (χ3v) is 12.2. The Morgan fingerprint density at radius 3 is 1.52 bits per heavy atom. The van der Waals surface area contributed by atoms with E-state index in [0.717, 1.165) is 22.6 Å². The summed E-state index contributed by atoms with van der Waals surface area (Å²) in [6.07, 6.45) is 8.48. The third kappa shape index (κ3) is 7.38. The SMILES string of the molecule is C=C(/C=C\C=C/C)C1(c2ccccc2)c2cc(N(c3ccc(-c4ccc(-c5ccccc5)cc4)cc3)c3cccc(-c4ccccc4)c3)ccc2-c2ccc(C(C)(C)C)cc21. The van der Waals surface area contributed by atoms with Gasteiger partial charge in [-0.1, -0.05) is 215 Å². The highest BCUT2D eigenvalue weighted by molar-refractivity contribution is 5.90. The van der Waals surface area contributed by atoms with Crippen molar-refractivity contribution in [3.05, 3.63) is 259 Å². The van der Waals surface area contributed by atoms with Gasteiger partial charge in [0, 0.05) is 17.1 Å². The highest BCUT2D eigenvalue weighted by Gasteiger charge is 2.47. The van der Waals surface area contributed by atoms with Crippen LogP contribution in [0.3, 0.4) is 0 Å². The fourth-order valence-electron chi connectivity index (χ4n) is 9.05. The molecule has 1 nitrogen and oxygen atoms in total. The van der Waals surface area contributed by atoms with Gasteiger partial charge in [0.15, 0.2) is 0 Å². The highest BCUT2D eigenvalue weighted by atomic mass is 15.1. The van der Waals surface area contributed by atoms with E-state index in [9.17, 15) is 0 Å². The molecule has 0 bridgehead atoms. The molecule has 61 heavy (non-hydrogen) atoms. The number of hydrogen-bond donors (Lipinski definition) is 0. The van der Waals surface area contributed by atoms with Crippen molar-refractivity contribution in [1.29, 1.82) is 0 Å². The number of nitrogens with zero attached hydrogens (tertiary/aromatic N) is 1. The van der Waals surface area contributed by atoms with Gasteiger partial charge in [0.25, 0.3) is 0 Å². The van der Waals surface area contributed by atoms with Crippen LogP contribution in [0.4, 0.5) is 17.1 Å². The van der Waals surface area contributed by atoms with E-state index < -0.39 is 5.41 Å². The minimum Gasteiger partial charge on any atom is -0.310 e. The first-order chi connectivity index (χ1) is 29.8. The summed E-state index contributed by atoms with van der Waals surface area (Å²) in [5, 5.41) is 0. The molecule has 0 heterocycles. The average Bonchev–Trinajstić information content (AvgIpc) is 3.60. The first-order valence-corrected chi connectivity index (χ1v) is 21.3. The molecule has 8 aromatic rings. The van der Waals surface area contributed by atoms with Gasteiger partial charge in [-0.25, -0.2) is 0 Å². The van der Waals surface area contributed by atoms with Crippen molar-refractivity contribution in [2.45, 2.75) is 38.5 Å². The molecule has 0 fully saturated rings. The fraction of sp³-hybridized carbons (Fsp3) is 0.100. The minimum atomic E-state index is -0.630. The van der Waals surface area contributed by atoms with Gasteiger partial charge in [-0.05, 0) is 121 Å². The molecule has 8 aromatic carbocycles. The first kappa shape index (κ1) is 39.3. The summed E-state index contributed by atoms with van der Waals surface area (Å²) in [5.41, 5.74) is 18.3. The van der Waals surface area contributed by atoms with Crippen molar-refractivity contribution >= 4 is 17.1 Å². The van der Waals surface area contributed by atoms with Gasteiger partial charge in [-0.15, -0.1) is 0 Å². The molecular weight excluding hydrogens is 735 g/mol. The molecule has 0 amide bonds. The maximum absolute atomic E-state index is 4.91. The maximum atomic E-state index is 4.91. The molecule has 1 atom stereocenters. The standard InChI is InChI=1S/C60H51N/c1-6-7-11-19-43(2)60(50-25-16-10-17-26-50)57-41-51(59(3,4)5)34-38-55(57)56-39-37-54(42-58(56)60)61(53-27-18-24-49(40-53)45-22-14-9-15-23-45)52-35-32-48(33-36-52)47-30-28-46(29-31-47)44-20-12-8-13-21-44/h6-42H,2H2,1,3-5H3/b7-6-,19-11-. The van der Waals surface area contributed by atoms with E-state index in [0.29, 0.717) is 0 Å². The highest BCUT2D eigenvalue weighted by Crippen LogP contribution is 2.58. The van der Waals surface area contributed by atoms with Crippen LogP contribution in [0.25, 0.3) is 44.5 Å². The van der Waals surface area contributed by atoms with Crippen molar-refractivity contribution in [1.82, 2.24) is 0 Å². The number of allylic oxidation sites excluding steroid dienone is 5. The van der Waals surface area contributed by atoms with E-state index in [2.05, 4.69) is 257 Å². The topological polar surface area (TPSA) is 3.24 Å². The number of benzene rings is 8. The molecule has 1 heteroatoms. The van der Waals surface area contributed by atoms with Gasteiger partial charge in [0.1, 0.15) is 0 Å². The van der Waals surface area contributed by atoms with Gasteiger partial charge >= 0.3 is 0 Å². The van der Waals surface area contributed by atoms with Crippen LogP contribution in [0.2, 0.25) is 0 Å². The normalized spacial score (nSPS) is 14.6. The second-order valence-corrected chi connectivity index (χ2v) is 17.0. The maximum Gasteiger partial charge on any atom is 0.0708 e. The van der Waals surface area contributed by atoms with Crippen LogP contribution >= 0.6 is 0 Å². The molecule has 0 N–H and O–H groups in total. The van der Waals surface area contributed by atoms with Gasteiger partial charge in [0.2, 0.25) is 0 Å². The van der Waals surface area contributed by atoms with Crippen molar-refractivity contribution < 1.29 is 0 Å². The van der Waals surface area contributed by atoms with Crippen LogP contribution in [-0.2, 0) is 10.8 Å². The number of hydrogen-bond acceptors (Lipinski definition) is 1. The van der Waals surface area contributed by atoms with E-state index in [-0.39, 0.29) is 5.41 Å². The lowest BCUT2D eigenvalue weighted by molar-refractivity contribution is 0.588. The quantitative estimate of drug-likeness (QED) is 0.125. The lowest BCUT2D eigenvalue weighted by atomic mass is 9.66. The molecule has 0 saturated carbocycles. The van der Waals surface area contributed by atoms with Crippen molar-refractivity contribution in [3.8, 4) is 44.5 Å². The van der Waals surface area contributed by atoms with Crippen LogP contribution in [0, 0.1) is 0 Å². The second-order valence-electron chi connectivity index (χ2n) is 17.0. The third-order valence-electron chi connectivity index (χ3n) is 12.2. The predicted octanol–water partition coefficient (Wildman–Crippen LogP) is 16.5. The Morgan fingerprint density at radius 1 is 0.459 bits per heavy atom. The zero-order valence-corrected chi connectivity index (χ0v) is 35.5. The molecule has 296 valence electrons. The van der Waals surface area contributed by atoms with Crippen LogP contribution in [0.15, 0.2) is 237 Å². The number of rotatable bonds is 10. The zero-order valence-electron chi connectivity index (χ0n) is 35.5. The van der Waals surface area contributed by atoms with Crippen LogP contribution in [0.5, 0.6) is 0 Å². The van der Waals surface area contributed by atoms with Crippen LogP contribution in [0.1, 0.15) is 49.9 Å². The summed E-state index contributed by atoms with van der Waals surface area (Å²) in [7, 11) is 0. The Kier molecular flexibility index (Phi) is 10.6. The Hall–Kier alpha value is -7.22. The molecule has 1 unspecified atom stereocenters. The summed E-state index contributed by atoms with van der Waals surface area (Å²) in [6.45, 7) is 13.9. The first-order valence-electron chi connectivity index (χ1n) is 21.3. The van der Waals surface area contributed by atoms with Crippen molar-refractivity contribution in [3.63, 3.8) is 0 Å². The predicted molar refractivity (Wildman–Crippen MR) is 261 cm³/mol. The lowest BCUT2D eigenvalue weighted by Crippen LogP contribution is -2.29. The molecule has 1 aliphatic carbocycles. The Bertz CT molecular complexity index is 2880. The minimum absolute atomic E-state index is 0.0316. The van der Waals surface area contributed by atoms with E-state index in [1.807, 2.05) is 0 Å². The molecule has 0 spiro atoms. The smallest absolute Gasteiger partial charge is 0.0708 e. The Morgan fingerprint density at radius 2 is 0.934 bits per heavy atom. The van der Waals surface area contributed by atoms with E-state index in [1.165, 1.54) is 66.8 Å². The number of anilines is 3. The summed E-state index contributed by atoms with van der Waals surface area (Å²) in [4.78, 5) is 2.41. The van der Waals surface area contributed by atoms with Crippen molar-refractivity contribution in [2.24, 2.45) is 0 Å². The van der Waals surface area contributed by atoms with Gasteiger partial charge in [0.05, 0.1) is 5.41 Å². The molecular formula is C60H51N. The summed E-state index contributed by atoms with van der Waals surface area (Å²) in [5.74, 6) is 0. The van der Waals surface area contributed by atoms with Gasteiger partial charge < -0.3 is 4.90 Å². The second kappa shape index (κ2) is 16.4. The average molecular weight is 786 g/mol. The summed E-state index contributed by atoms with van der Waals surface area (Å²) >= 11 is 0. The zero-order chi connectivity index (χ0) is 42.0. The van der Waals surface area contributed by atoms with Crippen LogP contribution in [-0.4, -0.2) is 0 Å². The van der Waals surface area contributed by atoms with E-state index in [1.54, 1.807) is 0 Å². The monoisotopic (exact) mass is 785 g/mol. The molecule has 0 aromatic heterocycles. The largest absolute Gasteiger partial charge is 0.310 e. The van der Waals surface area contributed by atoms with Gasteiger partial charge in [-0.2, -0.15) is 0 Å². The summed E-state index contributed by atoms with van der Waals surface area (Å²) in [6, 6.07) is 73.2. The number of fused-ring (bicyclic) bond motifs is 3. The van der Waals surface area contributed by atoms with Gasteiger partial charge in [-0.3, -0.25) is 0 Å². The fourth-order valence-corrected chi connectivity index (χ4v) is 9.05. The Balaban J connectivity index is 1.23. The molecule has 1 aliphatic rings.